The number of anilines is 1. The fourth-order valence-corrected chi connectivity index (χ4v) is 2.82. The van der Waals surface area contributed by atoms with Gasteiger partial charge in [0.05, 0.1) is 17.5 Å². The summed E-state index contributed by atoms with van der Waals surface area (Å²) in [5.41, 5.74) is 1.73. The minimum atomic E-state index is -2.96. The second kappa shape index (κ2) is 6.04. The molecule has 0 saturated heterocycles. The molecule has 1 atom stereocenters. The summed E-state index contributed by atoms with van der Waals surface area (Å²) in [5.74, 6) is 0.119. The molecule has 1 N–H and O–H groups in total. The molecule has 0 spiro atoms. The van der Waals surface area contributed by atoms with E-state index in [1.54, 1.807) is 6.92 Å². The van der Waals surface area contributed by atoms with Crippen LogP contribution in [0, 0.1) is 0 Å². The lowest BCUT2D eigenvalue weighted by atomic mass is 10.1. The van der Waals surface area contributed by atoms with Crippen LogP contribution < -0.4 is 4.90 Å². The largest absolute Gasteiger partial charge is 0.389 e. The number of rotatable bonds is 5. The molecule has 0 aliphatic heterocycles. The van der Waals surface area contributed by atoms with Gasteiger partial charge in [0.2, 0.25) is 0 Å². The van der Waals surface area contributed by atoms with Crippen molar-refractivity contribution in [2.75, 3.05) is 30.5 Å². The van der Waals surface area contributed by atoms with Gasteiger partial charge in [-0.2, -0.15) is 0 Å². The maximum atomic E-state index is 11.1. The Morgan fingerprint density at radius 1 is 1.44 bits per heavy atom. The van der Waals surface area contributed by atoms with Crippen LogP contribution in [0.4, 0.5) is 5.69 Å². The monoisotopic (exact) mass is 335 g/mol. The van der Waals surface area contributed by atoms with E-state index in [9.17, 15) is 13.5 Å². The lowest BCUT2D eigenvalue weighted by Crippen LogP contribution is -2.25. The molecule has 0 amide bonds. The van der Waals surface area contributed by atoms with Crippen LogP contribution in [-0.2, 0) is 9.84 Å². The van der Waals surface area contributed by atoms with E-state index in [1.165, 1.54) is 6.26 Å². The summed E-state index contributed by atoms with van der Waals surface area (Å²) < 4.78 is 23.1. The van der Waals surface area contributed by atoms with Crippen molar-refractivity contribution in [2.24, 2.45) is 0 Å². The number of hydrogen-bond acceptors (Lipinski definition) is 4. The summed E-state index contributed by atoms with van der Waals surface area (Å²) in [7, 11) is -1.12. The first-order valence-electron chi connectivity index (χ1n) is 5.57. The standard InChI is InChI=1S/C12H18BrNO3S/c1-9(15)10-4-5-12(11(13)8-10)14(2)6-7-18(3,16)17/h4-5,8-9,15H,6-7H2,1-3H3. The van der Waals surface area contributed by atoms with Crippen LogP contribution in [0.25, 0.3) is 0 Å². The van der Waals surface area contributed by atoms with Gasteiger partial charge in [-0.1, -0.05) is 6.07 Å². The van der Waals surface area contributed by atoms with Crippen molar-refractivity contribution >= 4 is 31.5 Å². The zero-order valence-corrected chi connectivity index (χ0v) is 13.1. The third kappa shape index (κ3) is 4.59. The minimum Gasteiger partial charge on any atom is -0.389 e. The van der Waals surface area contributed by atoms with Crippen molar-refractivity contribution in [1.29, 1.82) is 0 Å². The molecular weight excluding hydrogens is 318 g/mol. The number of aliphatic hydroxyl groups excluding tert-OH is 1. The molecule has 0 fully saturated rings. The molecule has 6 heteroatoms. The molecule has 1 rings (SSSR count). The van der Waals surface area contributed by atoms with Gasteiger partial charge in [-0.15, -0.1) is 0 Å². The maximum Gasteiger partial charge on any atom is 0.149 e. The van der Waals surface area contributed by atoms with Gasteiger partial charge in [0.1, 0.15) is 9.84 Å². The van der Waals surface area contributed by atoms with Gasteiger partial charge in [0.25, 0.3) is 0 Å². The summed E-state index contributed by atoms with van der Waals surface area (Å²) in [6.07, 6.45) is 0.712. The SMILES string of the molecule is CC(O)c1ccc(N(C)CCS(C)(=O)=O)c(Br)c1. The predicted octanol–water partition coefficient (Wildman–Crippen LogP) is 1.98. The topological polar surface area (TPSA) is 57.6 Å². The van der Waals surface area contributed by atoms with Crippen LogP contribution in [0.3, 0.4) is 0 Å². The second-order valence-electron chi connectivity index (χ2n) is 4.44. The van der Waals surface area contributed by atoms with Crippen molar-refractivity contribution in [3.05, 3.63) is 28.2 Å². The van der Waals surface area contributed by atoms with Crippen molar-refractivity contribution in [2.45, 2.75) is 13.0 Å². The van der Waals surface area contributed by atoms with E-state index in [0.29, 0.717) is 6.54 Å². The highest BCUT2D eigenvalue weighted by atomic mass is 79.9. The molecule has 0 bridgehead atoms. The number of halogens is 1. The third-order valence-electron chi connectivity index (χ3n) is 2.66. The van der Waals surface area contributed by atoms with Crippen LogP contribution in [-0.4, -0.2) is 39.1 Å². The first-order chi connectivity index (χ1) is 8.20. The van der Waals surface area contributed by atoms with Crippen molar-refractivity contribution < 1.29 is 13.5 Å². The van der Waals surface area contributed by atoms with Gasteiger partial charge in [0.15, 0.2) is 0 Å². The third-order valence-corrected chi connectivity index (χ3v) is 4.22. The van der Waals surface area contributed by atoms with Crippen LogP contribution in [0.15, 0.2) is 22.7 Å². The average molecular weight is 336 g/mol. The van der Waals surface area contributed by atoms with Gasteiger partial charge < -0.3 is 10.0 Å². The maximum absolute atomic E-state index is 11.1. The normalized spacial score (nSPS) is 13.4. The molecule has 0 aliphatic rings. The Morgan fingerprint density at radius 3 is 2.50 bits per heavy atom. The molecule has 102 valence electrons. The van der Waals surface area contributed by atoms with Gasteiger partial charge in [-0.25, -0.2) is 8.42 Å². The van der Waals surface area contributed by atoms with Crippen molar-refractivity contribution in [1.82, 2.24) is 0 Å². The van der Waals surface area contributed by atoms with E-state index in [1.807, 2.05) is 30.1 Å². The number of hydrogen-bond donors (Lipinski definition) is 1. The Kier molecular flexibility index (Phi) is 5.19. The second-order valence-corrected chi connectivity index (χ2v) is 7.55. The van der Waals surface area contributed by atoms with Crippen molar-refractivity contribution in [3.8, 4) is 0 Å². The highest BCUT2D eigenvalue weighted by Crippen LogP contribution is 2.28. The van der Waals surface area contributed by atoms with E-state index >= 15 is 0 Å². The molecule has 18 heavy (non-hydrogen) atoms. The Labute approximate surface area is 117 Å². The summed E-state index contributed by atoms with van der Waals surface area (Å²) in [4.78, 5) is 1.87. The highest BCUT2D eigenvalue weighted by molar-refractivity contribution is 9.10. The Balaban J connectivity index is 2.84. The predicted molar refractivity (Wildman–Crippen MR) is 77.8 cm³/mol. The molecule has 0 aliphatic carbocycles. The van der Waals surface area contributed by atoms with E-state index in [2.05, 4.69) is 15.9 Å². The van der Waals surface area contributed by atoms with Crippen LogP contribution >= 0.6 is 15.9 Å². The summed E-state index contributed by atoms with van der Waals surface area (Å²) >= 11 is 3.43. The molecule has 0 saturated carbocycles. The van der Waals surface area contributed by atoms with E-state index < -0.39 is 15.9 Å². The quantitative estimate of drug-likeness (QED) is 0.893. The number of benzene rings is 1. The summed E-state index contributed by atoms with van der Waals surface area (Å²) in [6.45, 7) is 2.14. The summed E-state index contributed by atoms with van der Waals surface area (Å²) in [6, 6.07) is 5.55. The lowest BCUT2D eigenvalue weighted by Gasteiger charge is -2.21. The fraction of sp³-hybridized carbons (Fsp3) is 0.500. The first kappa shape index (κ1) is 15.5. The van der Waals surface area contributed by atoms with Crippen LogP contribution in [0.1, 0.15) is 18.6 Å². The molecule has 0 heterocycles. The van der Waals surface area contributed by atoms with E-state index in [4.69, 9.17) is 0 Å². The van der Waals surface area contributed by atoms with E-state index in [0.717, 1.165) is 15.7 Å². The smallest absolute Gasteiger partial charge is 0.149 e. The summed E-state index contributed by atoms with van der Waals surface area (Å²) in [5, 5.41) is 9.47. The lowest BCUT2D eigenvalue weighted by molar-refractivity contribution is 0.199. The number of nitrogens with zero attached hydrogens (tertiary/aromatic N) is 1. The zero-order valence-electron chi connectivity index (χ0n) is 10.7. The molecule has 0 aromatic heterocycles. The van der Waals surface area contributed by atoms with Gasteiger partial charge in [0, 0.05) is 24.3 Å². The van der Waals surface area contributed by atoms with E-state index in [-0.39, 0.29) is 5.75 Å². The highest BCUT2D eigenvalue weighted by Gasteiger charge is 2.11. The Hall–Kier alpha value is -0.590. The number of aliphatic hydroxyl groups is 1. The molecule has 0 radical (unpaired) electrons. The molecule has 1 aromatic rings. The van der Waals surface area contributed by atoms with Crippen LogP contribution in [0.2, 0.25) is 0 Å². The Bertz CT molecular complexity index is 514. The van der Waals surface area contributed by atoms with Crippen molar-refractivity contribution in [3.63, 3.8) is 0 Å². The van der Waals surface area contributed by atoms with Crippen LogP contribution in [0.5, 0.6) is 0 Å². The average Bonchev–Trinajstić information content (AvgIpc) is 2.24. The fourth-order valence-electron chi connectivity index (χ4n) is 1.52. The van der Waals surface area contributed by atoms with Gasteiger partial charge >= 0.3 is 0 Å². The molecule has 4 nitrogen and oxygen atoms in total. The number of sulfone groups is 1. The zero-order chi connectivity index (χ0) is 13.9. The first-order valence-corrected chi connectivity index (χ1v) is 8.42. The minimum absolute atomic E-state index is 0.119. The Morgan fingerprint density at radius 2 is 2.06 bits per heavy atom. The van der Waals surface area contributed by atoms with Gasteiger partial charge in [-0.05, 0) is 40.5 Å². The molecule has 1 aromatic carbocycles. The molecule has 1 unspecified atom stereocenters. The van der Waals surface area contributed by atoms with Gasteiger partial charge in [-0.3, -0.25) is 0 Å². The molecular formula is C12H18BrNO3S.